The zero-order valence-corrected chi connectivity index (χ0v) is 8.75. The lowest BCUT2D eigenvalue weighted by molar-refractivity contribution is -0.123. The fourth-order valence-corrected chi connectivity index (χ4v) is 2.57. The Morgan fingerprint density at radius 2 is 2.36 bits per heavy atom. The third-order valence-corrected chi connectivity index (χ3v) is 3.24. The van der Waals surface area contributed by atoms with Crippen molar-refractivity contribution in [3.05, 3.63) is 0 Å². The molecule has 0 aromatic heterocycles. The number of rotatable bonds is 2. The highest BCUT2D eigenvalue weighted by Gasteiger charge is 2.40. The van der Waals surface area contributed by atoms with Gasteiger partial charge in [-0.1, -0.05) is 0 Å². The van der Waals surface area contributed by atoms with Gasteiger partial charge < -0.3 is 14.3 Å². The second-order valence-corrected chi connectivity index (χ2v) is 4.60. The van der Waals surface area contributed by atoms with Crippen LogP contribution in [0.1, 0.15) is 32.6 Å². The summed E-state index contributed by atoms with van der Waals surface area (Å²) in [5, 5.41) is 0. The minimum atomic E-state index is -0.0433. The molecule has 2 rings (SSSR count). The molecule has 0 saturated carbocycles. The maximum atomic E-state index is 11.0. The molecular weight excluding hydrogens is 180 g/mol. The van der Waals surface area contributed by atoms with E-state index in [-0.39, 0.29) is 5.60 Å². The topological polar surface area (TPSA) is 35.5 Å². The summed E-state index contributed by atoms with van der Waals surface area (Å²) in [6, 6.07) is 0. The fourth-order valence-electron chi connectivity index (χ4n) is 2.57. The van der Waals surface area contributed by atoms with Crippen LogP contribution in [0.5, 0.6) is 0 Å². The van der Waals surface area contributed by atoms with Gasteiger partial charge in [0.15, 0.2) is 0 Å². The van der Waals surface area contributed by atoms with E-state index in [0.29, 0.717) is 18.1 Å². The van der Waals surface area contributed by atoms with Crippen LogP contribution < -0.4 is 0 Å². The lowest BCUT2D eigenvalue weighted by Crippen LogP contribution is -2.40. The van der Waals surface area contributed by atoms with Crippen LogP contribution in [0.3, 0.4) is 0 Å². The standard InChI is InChI=1S/C11H18O3/c1-9(12)6-10-2-4-14-11(7-10)3-5-13-8-11/h10H,2-8H2,1H3. The van der Waals surface area contributed by atoms with Crippen molar-refractivity contribution in [2.75, 3.05) is 19.8 Å². The highest BCUT2D eigenvalue weighted by atomic mass is 16.6. The third kappa shape index (κ3) is 2.15. The van der Waals surface area contributed by atoms with Crippen molar-refractivity contribution in [3.8, 4) is 0 Å². The van der Waals surface area contributed by atoms with Crippen molar-refractivity contribution < 1.29 is 14.3 Å². The molecule has 0 aliphatic carbocycles. The van der Waals surface area contributed by atoms with E-state index in [1.807, 2.05) is 0 Å². The van der Waals surface area contributed by atoms with Gasteiger partial charge in [0.1, 0.15) is 5.78 Å². The molecular formula is C11H18O3. The van der Waals surface area contributed by atoms with Crippen LogP contribution in [0, 0.1) is 5.92 Å². The minimum Gasteiger partial charge on any atom is -0.378 e. The van der Waals surface area contributed by atoms with Gasteiger partial charge in [-0.15, -0.1) is 0 Å². The first kappa shape index (κ1) is 10.1. The predicted octanol–water partition coefficient (Wildman–Crippen LogP) is 1.55. The second-order valence-electron chi connectivity index (χ2n) is 4.60. The molecule has 0 amide bonds. The summed E-state index contributed by atoms with van der Waals surface area (Å²) >= 11 is 0. The maximum absolute atomic E-state index is 11.0. The number of hydrogen-bond acceptors (Lipinski definition) is 3. The summed E-state index contributed by atoms with van der Waals surface area (Å²) in [6.45, 7) is 4.00. The van der Waals surface area contributed by atoms with E-state index in [4.69, 9.17) is 9.47 Å². The monoisotopic (exact) mass is 198 g/mol. The number of Topliss-reactive ketones (excluding diaryl/α,β-unsaturated/α-hetero) is 1. The summed E-state index contributed by atoms with van der Waals surface area (Å²) in [7, 11) is 0. The van der Waals surface area contributed by atoms with E-state index < -0.39 is 0 Å². The molecule has 2 aliphatic heterocycles. The summed E-state index contributed by atoms with van der Waals surface area (Å²) in [4.78, 5) is 11.0. The lowest BCUT2D eigenvalue weighted by atomic mass is 9.83. The van der Waals surface area contributed by atoms with Crippen LogP contribution in [0.2, 0.25) is 0 Å². The SMILES string of the molecule is CC(=O)CC1CCOC2(CCOC2)C1. The lowest BCUT2D eigenvalue weighted by Gasteiger charge is -2.36. The van der Waals surface area contributed by atoms with Crippen LogP contribution in [0.15, 0.2) is 0 Å². The highest BCUT2D eigenvalue weighted by molar-refractivity contribution is 5.75. The van der Waals surface area contributed by atoms with Gasteiger partial charge in [0.2, 0.25) is 0 Å². The summed E-state index contributed by atoms with van der Waals surface area (Å²) in [6.07, 6.45) is 3.75. The molecule has 2 saturated heterocycles. The first-order valence-electron chi connectivity index (χ1n) is 5.41. The Morgan fingerprint density at radius 3 is 3.00 bits per heavy atom. The number of ketones is 1. The van der Waals surface area contributed by atoms with Gasteiger partial charge >= 0.3 is 0 Å². The van der Waals surface area contributed by atoms with Gasteiger partial charge in [0.25, 0.3) is 0 Å². The molecule has 14 heavy (non-hydrogen) atoms. The van der Waals surface area contributed by atoms with Crippen molar-refractivity contribution in [1.82, 2.24) is 0 Å². The number of hydrogen-bond donors (Lipinski definition) is 0. The molecule has 0 aromatic rings. The molecule has 2 unspecified atom stereocenters. The van der Waals surface area contributed by atoms with Crippen LogP contribution in [0.4, 0.5) is 0 Å². The molecule has 2 aliphatic rings. The molecule has 80 valence electrons. The van der Waals surface area contributed by atoms with Crippen molar-refractivity contribution >= 4 is 5.78 Å². The average molecular weight is 198 g/mol. The zero-order valence-electron chi connectivity index (χ0n) is 8.75. The van der Waals surface area contributed by atoms with Gasteiger partial charge in [-0.3, -0.25) is 0 Å². The molecule has 2 atom stereocenters. The quantitative estimate of drug-likeness (QED) is 0.675. The van der Waals surface area contributed by atoms with Gasteiger partial charge in [0.05, 0.1) is 12.2 Å². The van der Waals surface area contributed by atoms with E-state index in [0.717, 1.165) is 39.1 Å². The van der Waals surface area contributed by atoms with Crippen molar-refractivity contribution in [3.63, 3.8) is 0 Å². The summed E-state index contributed by atoms with van der Waals surface area (Å²) in [5.74, 6) is 0.814. The largest absolute Gasteiger partial charge is 0.378 e. The molecule has 3 nitrogen and oxygen atoms in total. The summed E-state index contributed by atoms with van der Waals surface area (Å²) < 4.78 is 11.2. The first-order chi connectivity index (χ1) is 6.70. The molecule has 0 N–H and O–H groups in total. The van der Waals surface area contributed by atoms with Gasteiger partial charge in [-0.2, -0.15) is 0 Å². The molecule has 2 fully saturated rings. The normalized spacial score (nSPS) is 37.6. The Bertz CT molecular complexity index is 219. The van der Waals surface area contributed by atoms with Crippen molar-refractivity contribution in [1.29, 1.82) is 0 Å². The number of carbonyl (C=O) groups is 1. The molecule has 1 spiro atoms. The van der Waals surface area contributed by atoms with Crippen molar-refractivity contribution in [2.45, 2.75) is 38.2 Å². The Labute approximate surface area is 84.8 Å². The number of carbonyl (C=O) groups excluding carboxylic acids is 1. The third-order valence-electron chi connectivity index (χ3n) is 3.24. The van der Waals surface area contributed by atoms with Crippen LogP contribution >= 0.6 is 0 Å². The van der Waals surface area contributed by atoms with E-state index in [2.05, 4.69) is 0 Å². The Kier molecular flexibility index (Phi) is 2.88. The van der Waals surface area contributed by atoms with Crippen LogP contribution in [-0.4, -0.2) is 31.2 Å². The van der Waals surface area contributed by atoms with Crippen molar-refractivity contribution in [2.24, 2.45) is 5.92 Å². The van der Waals surface area contributed by atoms with Crippen LogP contribution in [0.25, 0.3) is 0 Å². The van der Waals surface area contributed by atoms with Gasteiger partial charge in [0, 0.05) is 26.1 Å². The Morgan fingerprint density at radius 1 is 1.50 bits per heavy atom. The van der Waals surface area contributed by atoms with Crippen LogP contribution in [-0.2, 0) is 14.3 Å². The Hall–Kier alpha value is -0.410. The average Bonchev–Trinajstić information content (AvgIpc) is 2.52. The highest BCUT2D eigenvalue weighted by Crippen LogP contribution is 2.36. The molecule has 0 bridgehead atoms. The zero-order chi connectivity index (χ0) is 10.0. The fraction of sp³-hybridized carbons (Fsp3) is 0.909. The second kappa shape index (κ2) is 3.99. The summed E-state index contributed by atoms with van der Waals surface area (Å²) in [5.41, 5.74) is -0.0433. The van der Waals surface area contributed by atoms with E-state index in [1.54, 1.807) is 6.92 Å². The van der Waals surface area contributed by atoms with Gasteiger partial charge in [-0.05, 0) is 25.7 Å². The maximum Gasteiger partial charge on any atom is 0.130 e. The van der Waals surface area contributed by atoms with E-state index >= 15 is 0 Å². The minimum absolute atomic E-state index is 0.0433. The smallest absolute Gasteiger partial charge is 0.130 e. The first-order valence-corrected chi connectivity index (χ1v) is 5.41. The predicted molar refractivity (Wildman–Crippen MR) is 52.1 cm³/mol. The van der Waals surface area contributed by atoms with E-state index in [1.165, 1.54) is 0 Å². The molecule has 3 heteroatoms. The van der Waals surface area contributed by atoms with E-state index in [9.17, 15) is 4.79 Å². The molecule has 0 aromatic carbocycles. The molecule has 2 heterocycles. The van der Waals surface area contributed by atoms with Gasteiger partial charge in [-0.25, -0.2) is 0 Å². The Balaban J connectivity index is 1.93. The molecule has 0 radical (unpaired) electrons. The number of ether oxygens (including phenoxy) is 2.